The molecule has 1 aromatic carbocycles. The molecule has 8 heteroatoms. The van der Waals surface area contributed by atoms with Crippen LogP contribution in [0.4, 0.5) is 0 Å². The van der Waals surface area contributed by atoms with E-state index < -0.39 is 0 Å². The van der Waals surface area contributed by atoms with Gasteiger partial charge in [-0.1, -0.05) is 0 Å². The van der Waals surface area contributed by atoms with Gasteiger partial charge in [-0.3, -0.25) is 18.8 Å². The van der Waals surface area contributed by atoms with E-state index in [1.165, 1.54) is 4.57 Å². The van der Waals surface area contributed by atoms with Gasteiger partial charge >= 0.3 is 0 Å². The molecule has 0 radical (unpaired) electrons. The number of fused-ring (bicyclic) bond motifs is 1. The molecule has 0 amide bonds. The first-order valence-electron chi connectivity index (χ1n) is 9.83. The van der Waals surface area contributed by atoms with E-state index in [0.717, 1.165) is 39.3 Å². The van der Waals surface area contributed by atoms with Crippen LogP contribution in [-0.4, -0.2) is 65.6 Å². The van der Waals surface area contributed by atoms with Crippen LogP contribution in [0, 0.1) is 0 Å². The number of rotatable bonds is 7. The van der Waals surface area contributed by atoms with E-state index in [1.807, 2.05) is 24.5 Å². The van der Waals surface area contributed by atoms with Gasteiger partial charge in [0.15, 0.2) is 11.5 Å². The average Bonchev–Trinajstić information content (AvgIpc) is 3.28. The number of hydrogen-bond donors (Lipinski definition) is 0. The number of hydrogen-bond acceptors (Lipinski definition) is 6. The van der Waals surface area contributed by atoms with Crippen LogP contribution in [0.1, 0.15) is 6.42 Å². The van der Waals surface area contributed by atoms with Crippen molar-refractivity contribution in [2.45, 2.75) is 6.42 Å². The molecule has 0 unspecified atom stereocenters. The van der Waals surface area contributed by atoms with E-state index in [1.54, 1.807) is 30.9 Å². The third-order valence-corrected chi connectivity index (χ3v) is 5.16. The molecule has 0 bridgehead atoms. The normalized spacial score (nSPS) is 15.0. The molecule has 1 fully saturated rings. The van der Waals surface area contributed by atoms with Gasteiger partial charge in [-0.25, -0.2) is 4.98 Å². The Balaban J connectivity index is 1.58. The highest BCUT2D eigenvalue weighted by Crippen LogP contribution is 2.33. The smallest absolute Gasteiger partial charge is 0.262 e. The van der Waals surface area contributed by atoms with Crippen molar-refractivity contribution in [1.29, 1.82) is 0 Å². The van der Waals surface area contributed by atoms with Crippen LogP contribution in [0.25, 0.3) is 16.9 Å². The van der Waals surface area contributed by atoms with Gasteiger partial charge in [0.1, 0.15) is 5.52 Å². The number of ether oxygens (including phenoxy) is 3. The van der Waals surface area contributed by atoms with E-state index in [4.69, 9.17) is 19.2 Å². The van der Waals surface area contributed by atoms with Crippen molar-refractivity contribution in [3.63, 3.8) is 0 Å². The summed E-state index contributed by atoms with van der Waals surface area (Å²) in [6.07, 6.45) is 4.61. The van der Waals surface area contributed by atoms with E-state index in [0.29, 0.717) is 35.0 Å². The maximum absolute atomic E-state index is 12.9. The highest BCUT2D eigenvalue weighted by atomic mass is 16.5. The fraction of sp³-hybridized carbons (Fsp3) is 0.429. The van der Waals surface area contributed by atoms with Gasteiger partial charge in [-0.15, -0.1) is 0 Å². The first kappa shape index (κ1) is 19.5. The highest BCUT2D eigenvalue weighted by Gasteiger charge is 2.17. The van der Waals surface area contributed by atoms with Crippen LogP contribution in [0.5, 0.6) is 11.5 Å². The molecule has 1 saturated heterocycles. The number of aromatic nitrogens is 3. The molecule has 1 aliphatic heterocycles. The fourth-order valence-corrected chi connectivity index (χ4v) is 3.59. The number of methoxy groups -OCH3 is 1. The van der Waals surface area contributed by atoms with Crippen LogP contribution >= 0.6 is 0 Å². The first-order valence-corrected chi connectivity index (χ1v) is 9.83. The van der Waals surface area contributed by atoms with Crippen LogP contribution in [0.15, 0.2) is 41.5 Å². The number of nitrogens with zero attached hydrogens (tertiary/aromatic N) is 4. The van der Waals surface area contributed by atoms with Crippen LogP contribution < -0.4 is 15.0 Å². The molecule has 0 N–H and O–H groups in total. The molecule has 0 saturated carbocycles. The molecule has 0 spiro atoms. The summed E-state index contributed by atoms with van der Waals surface area (Å²) in [6, 6.07) is 7.32. The second kappa shape index (κ2) is 8.67. The maximum Gasteiger partial charge on any atom is 0.262 e. The van der Waals surface area contributed by atoms with Crippen molar-refractivity contribution in [3.8, 4) is 17.4 Å². The minimum absolute atomic E-state index is 0.129. The lowest BCUT2D eigenvalue weighted by Gasteiger charge is -2.26. The molecule has 0 atom stereocenters. The molecule has 2 aromatic heterocycles. The van der Waals surface area contributed by atoms with Gasteiger partial charge in [0.25, 0.3) is 5.56 Å². The first-order chi connectivity index (χ1) is 14.2. The summed E-state index contributed by atoms with van der Waals surface area (Å²) >= 11 is 0. The summed E-state index contributed by atoms with van der Waals surface area (Å²) in [5.74, 6) is 1.61. The Labute approximate surface area is 169 Å². The Morgan fingerprint density at radius 2 is 1.93 bits per heavy atom. The van der Waals surface area contributed by atoms with Gasteiger partial charge in [-0.05, 0) is 30.7 Å². The SMILES string of the molecule is COc1c(OCCCN2CCOCC2)ccc2c(=O)n(C)c(-n3cccc3)nc12. The third-order valence-electron chi connectivity index (χ3n) is 5.16. The predicted molar refractivity (Wildman–Crippen MR) is 110 cm³/mol. The van der Waals surface area contributed by atoms with Crippen molar-refractivity contribution in [2.24, 2.45) is 7.05 Å². The summed E-state index contributed by atoms with van der Waals surface area (Å²) < 4.78 is 20.3. The largest absolute Gasteiger partial charge is 0.491 e. The summed E-state index contributed by atoms with van der Waals surface area (Å²) in [7, 11) is 3.29. The van der Waals surface area contributed by atoms with Crippen molar-refractivity contribution in [2.75, 3.05) is 46.6 Å². The zero-order valence-corrected chi connectivity index (χ0v) is 16.8. The number of morpholine rings is 1. The molecule has 1 aliphatic rings. The van der Waals surface area contributed by atoms with Crippen molar-refractivity contribution in [3.05, 3.63) is 47.0 Å². The summed E-state index contributed by atoms with van der Waals surface area (Å²) in [6.45, 7) is 5.06. The van der Waals surface area contributed by atoms with Crippen molar-refractivity contribution < 1.29 is 14.2 Å². The summed E-state index contributed by atoms with van der Waals surface area (Å²) in [5, 5.41) is 0.501. The molecule has 154 valence electrons. The Bertz CT molecular complexity index is 1020. The molecule has 3 aromatic rings. The van der Waals surface area contributed by atoms with Gasteiger partial charge in [0.2, 0.25) is 5.95 Å². The van der Waals surface area contributed by atoms with Gasteiger partial charge < -0.3 is 14.2 Å². The lowest BCUT2D eigenvalue weighted by molar-refractivity contribution is 0.0357. The summed E-state index contributed by atoms with van der Waals surface area (Å²) in [4.78, 5) is 19.9. The predicted octanol–water partition coefficient (Wildman–Crippen LogP) is 1.83. The van der Waals surface area contributed by atoms with Gasteiger partial charge in [0.05, 0.1) is 32.3 Å². The highest BCUT2D eigenvalue weighted by molar-refractivity contribution is 5.87. The molecular weight excluding hydrogens is 372 g/mol. The molecule has 29 heavy (non-hydrogen) atoms. The van der Waals surface area contributed by atoms with E-state index in [2.05, 4.69) is 4.90 Å². The lowest BCUT2D eigenvalue weighted by Crippen LogP contribution is -2.37. The second-order valence-corrected chi connectivity index (χ2v) is 7.02. The second-order valence-electron chi connectivity index (χ2n) is 7.02. The lowest BCUT2D eigenvalue weighted by atomic mass is 10.2. The third kappa shape index (κ3) is 3.99. The van der Waals surface area contributed by atoms with Crippen LogP contribution in [-0.2, 0) is 11.8 Å². The molecule has 8 nitrogen and oxygen atoms in total. The Morgan fingerprint density at radius 3 is 2.66 bits per heavy atom. The molecule has 0 aliphatic carbocycles. The van der Waals surface area contributed by atoms with Crippen LogP contribution in [0.3, 0.4) is 0 Å². The molecular formula is C21H26N4O4. The van der Waals surface area contributed by atoms with Crippen molar-refractivity contribution in [1.82, 2.24) is 19.0 Å². The summed E-state index contributed by atoms with van der Waals surface area (Å²) in [5.41, 5.74) is 0.376. The van der Waals surface area contributed by atoms with Crippen molar-refractivity contribution >= 4 is 10.9 Å². The van der Waals surface area contributed by atoms with E-state index >= 15 is 0 Å². The van der Waals surface area contributed by atoms with Gasteiger partial charge in [-0.2, -0.15) is 0 Å². The standard InChI is InChI=1S/C21H26N4O4/c1-23-20(26)16-6-7-17(29-13-5-8-24-11-14-28-15-12-24)19(27-2)18(16)22-21(23)25-9-3-4-10-25/h3-4,6-7,9-10H,5,8,11-15H2,1-2H3. The van der Waals surface area contributed by atoms with Crippen LogP contribution in [0.2, 0.25) is 0 Å². The minimum Gasteiger partial charge on any atom is -0.491 e. The Morgan fingerprint density at radius 1 is 1.17 bits per heavy atom. The average molecular weight is 398 g/mol. The molecule has 3 heterocycles. The minimum atomic E-state index is -0.129. The Hall–Kier alpha value is -2.84. The quantitative estimate of drug-likeness (QED) is 0.566. The van der Waals surface area contributed by atoms with Gasteiger partial charge in [0, 0.05) is 39.1 Å². The maximum atomic E-state index is 12.9. The fourth-order valence-electron chi connectivity index (χ4n) is 3.59. The Kier molecular flexibility index (Phi) is 5.82. The topological polar surface area (TPSA) is 70.8 Å². The monoisotopic (exact) mass is 398 g/mol. The number of benzene rings is 1. The van der Waals surface area contributed by atoms with E-state index in [-0.39, 0.29) is 5.56 Å². The zero-order chi connectivity index (χ0) is 20.2. The van der Waals surface area contributed by atoms with E-state index in [9.17, 15) is 4.79 Å². The molecule has 4 rings (SSSR count). The zero-order valence-electron chi connectivity index (χ0n) is 16.8.